The molecule has 0 aliphatic rings. The predicted octanol–water partition coefficient (Wildman–Crippen LogP) is 1.79. The molecular weight excluding hydrogens is 401 g/mol. The second kappa shape index (κ2) is 8.57. The number of nitrogens with one attached hydrogen (secondary N) is 2. The molecule has 0 saturated heterocycles. The van der Waals surface area contributed by atoms with Gasteiger partial charge in [0.1, 0.15) is 0 Å². The molecule has 1 rings (SSSR count). The maximum Gasteiger partial charge on any atom is 0.191 e. The van der Waals surface area contributed by atoms with Crippen molar-refractivity contribution in [2.75, 3.05) is 19.8 Å². The standard InChI is InChI=1S/C14H23N3O2S.HI/c1-14(2,20(4,18)19)11-17-13(15-3)16-10-12-8-6-5-7-9-12;/h5-9H,10-11H2,1-4H3,(H2,15,16,17);1H. The lowest BCUT2D eigenvalue weighted by atomic mass is 10.2. The van der Waals surface area contributed by atoms with Gasteiger partial charge in [-0.1, -0.05) is 30.3 Å². The van der Waals surface area contributed by atoms with Gasteiger partial charge in [-0.3, -0.25) is 4.99 Å². The maximum atomic E-state index is 11.6. The van der Waals surface area contributed by atoms with Crippen molar-refractivity contribution in [2.45, 2.75) is 25.1 Å². The van der Waals surface area contributed by atoms with Crippen molar-refractivity contribution in [3.05, 3.63) is 35.9 Å². The number of rotatable bonds is 5. The Balaban J connectivity index is 0.00000400. The molecule has 2 N–H and O–H groups in total. The Morgan fingerprint density at radius 2 is 1.76 bits per heavy atom. The van der Waals surface area contributed by atoms with Crippen LogP contribution < -0.4 is 10.6 Å². The van der Waals surface area contributed by atoms with E-state index < -0.39 is 14.6 Å². The monoisotopic (exact) mass is 425 g/mol. The van der Waals surface area contributed by atoms with Crippen LogP contribution >= 0.6 is 24.0 Å². The summed E-state index contributed by atoms with van der Waals surface area (Å²) >= 11 is 0. The van der Waals surface area contributed by atoms with Crippen LogP contribution in [0.25, 0.3) is 0 Å². The molecule has 0 aliphatic carbocycles. The van der Waals surface area contributed by atoms with Gasteiger partial charge in [0.15, 0.2) is 15.8 Å². The lowest BCUT2D eigenvalue weighted by Crippen LogP contribution is -2.47. The van der Waals surface area contributed by atoms with E-state index in [1.54, 1.807) is 20.9 Å². The minimum absolute atomic E-state index is 0. The molecule has 0 atom stereocenters. The van der Waals surface area contributed by atoms with Crippen LogP contribution in [0.2, 0.25) is 0 Å². The van der Waals surface area contributed by atoms with Crippen molar-refractivity contribution in [1.82, 2.24) is 10.6 Å². The third kappa shape index (κ3) is 6.64. The van der Waals surface area contributed by atoms with Crippen molar-refractivity contribution in [3.63, 3.8) is 0 Å². The largest absolute Gasteiger partial charge is 0.355 e. The Kier molecular flexibility index (Phi) is 8.23. The van der Waals surface area contributed by atoms with Crippen LogP contribution in [-0.4, -0.2) is 39.0 Å². The number of hydrogen-bond donors (Lipinski definition) is 2. The van der Waals surface area contributed by atoms with E-state index in [0.29, 0.717) is 19.0 Å². The number of guanidine groups is 1. The summed E-state index contributed by atoms with van der Waals surface area (Å²) in [7, 11) is -1.46. The molecular formula is C14H24IN3O2S. The number of hydrogen-bond acceptors (Lipinski definition) is 3. The zero-order valence-electron chi connectivity index (χ0n) is 12.9. The van der Waals surface area contributed by atoms with Gasteiger partial charge in [0.25, 0.3) is 0 Å². The minimum atomic E-state index is -3.12. The summed E-state index contributed by atoms with van der Waals surface area (Å²) in [6.07, 6.45) is 1.24. The molecule has 5 nitrogen and oxygen atoms in total. The van der Waals surface area contributed by atoms with E-state index in [-0.39, 0.29) is 24.0 Å². The molecule has 0 heterocycles. The summed E-state index contributed by atoms with van der Waals surface area (Å²) in [6, 6.07) is 9.94. The quantitative estimate of drug-likeness (QED) is 0.429. The lowest BCUT2D eigenvalue weighted by Gasteiger charge is -2.24. The number of halogens is 1. The van der Waals surface area contributed by atoms with Gasteiger partial charge in [-0.2, -0.15) is 0 Å². The van der Waals surface area contributed by atoms with E-state index in [1.807, 2.05) is 30.3 Å². The third-order valence-electron chi connectivity index (χ3n) is 3.21. The van der Waals surface area contributed by atoms with Crippen molar-refractivity contribution < 1.29 is 8.42 Å². The molecule has 21 heavy (non-hydrogen) atoms. The van der Waals surface area contributed by atoms with E-state index in [0.717, 1.165) is 5.56 Å². The van der Waals surface area contributed by atoms with Gasteiger partial charge in [0.2, 0.25) is 0 Å². The smallest absolute Gasteiger partial charge is 0.191 e. The van der Waals surface area contributed by atoms with Gasteiger partial charge in [-0.25, -0.2) is 8.42 Å². The summed E-state index contributed by atoms with van der Waals surface area (Å²) in [4.78, 5) is 4.09. The first-order chi connectivity index (χ1) is 9.26. The Morgan fingerprint density at radius 1 is 1.19 bits per heavy atom. The fourth-order valence-electron chi connectivity index (χ4n) is 1.43. The van der Waals surface area contributed by atoms with Crippen LogP contribution in [0.15, 0.2) is 35.3 Å². The van der Waals surface area contributed by atoms with Gasteiger partial charge in [0.05, 0.1) is 4.75 Å². The average Bonchev–Trinajstić information content (AvgIpc) is 2.39. The molecule has 0 fully saturated rings. The highest BCUT2D eigenvalue weighted by Gasteiger charge is 2.30. The molecule has 1 aromatic carbocycles. The number of nitrogens with zero attached hydrogens (tertiary/aromatic N) is 1. The highest BCUT2D eigenvalue weighted by atomic mass is 127. The second-order valence-electron chi connectivity index (χ2n) is 5.30. The van der Waals surface area contributed by atoms with E-state index in [4.69, 9.17) is 0 Å². The second-order valence-corrected chi connectivity index (χ2v) is 7.95. The number of benzene rings is 1. The molecule has 0 saturated carbocycles. The molecule has 7 heteroatoms. The number of sulfone groups is 1. The fraction of sp³-hybridized carbons (Fsp3) is 0.500. The summed E-state index contributed by atoms with van der Waals surface area (Å²) in [5.74, 6) is 0.588. The van der Waals surface area contributed by atoms with Crippen LogP contribution in [0.1, 0.15) is 19.4 Å². The molecule has 0 bridgehead atoms. The van der Waals surface area contributed by atoms with Crippen LogP contribution in [-0.2, 0) is 16.4 Å². The van der Waals surface area contributed by atoms with E-state index in [1.165, 1.54) is 6.26 Å². The summed E-state index contributed by atoms with van der Waals surface area (Å²) in [5.41, 5.74) is 1.14. The Bertz CT molecular complexity index is 557. The Labute approximate surface area is 144 Å². The molecule has 0 unspecified atom stereocenters. The Hall–Kier alpha value is -0.830. The summed E-state index contributed by atoms with van der Waals surface area (Å²) in [5, 5.41) is 6.20. The van der Waals surface area contributed by atoms with Gasteiger partial charge >= 0.3 is 0 Å². The zero-order valence-corrected chi connectivity index (χ0v) is 16.0. The maximum absolute atomic E-state index is 11.6. The fourth-order valence-corrected chi connectivity index (χ4v) is 1.76. The van der Waals surface area contributed by atoms with Gasteiger partial charge in [0, 0.05) is 26.4 Å². The predicted molar refractivity (Wildman–Crippen MR) is 99.0 cm³/mol. The van der Waals surface area contributed by atoms with E-state index >= 15 is 0 Å². The molecule has 0 aliphatic heterocycles. The minimum Gasteiger partial charge on any atom is -0.355 e. The highest BCUT2D eigenvalue weighted by molar-refractivity contribution is 14.0. The van der Waals surface area contributed by atoms with Crippen molar-refractivity contribution >= 4 is 39.8 Å². The SMILES string of the molecule is CN=C(NCc1ccccc1)NCC(C)(C)S(C)(=O)=O.I. The van der Waals surface area contributed by atoms with Crippen LogP contribution in [0.5, 0.6) is 0 Å². The summed E-state index contributed by atoms with van der Waals surface area (Å²) < 4.78 is 22.4. The van der Waals surface area contributed by atoms with Crippen LogP contribution in [0.3, 0.4) is 0 Å². The molecule has 120 valence electrons. The first-order valence-electron chi connectivity index (χ1n) is 6.44. The van der Waals surface area contributed by atoms with Crippen molar-refractivity contribution in [1.29, 1.82) is 0 Å². The first kappa shape index (κ1) is 20.2. The van der Waals surface area contributed by atoms with E-state index in [2.05, 4.69) is 15.6 Å². The van der Waals surface area contributed by atoms with Gasteiger partial charge in [-0.15, -0.1) is 24.0 Å². The average molecular weight is 425 g/mol. The first-order valence-corrected chi connectivity index (χ1v) is 8.33. The molecule has 1 aromatic rings. The normalized spacial score (nSPS) is 12.5. The Morgan fingerprint density at radius 3 is 2.24 bits per heavy atom. The van der Waals surface area contributed by atoms with Gasteiger partial charge < -0.3 is 10.6 Å². The van der Waals surface area contributed by atoms with E-state index in [9.17, 15) is 8.42 Å². The van der Waals surface area contributed by atoms with Crippen LogP contribution in [0, 0.1) is 0 Å². The molecule has 0 amide bonds. The topological polar surface area (TPSA) is 70.6 Å². The molecule has 0 radical (unpaired) electrons. The summed E-state index contributed by atoms with van der Waals surface area (Å²) in [6.45, 7) is 4.33. The van der Waals surface area contributed by atoms with Crippen molar-refractivity contribution in [3.8, 4) is 0 Å². The molecule has 0 aromatic heterocycles. The highest BCUT2D eigenvalue weighted by Crippen LogP contribution is 2.13. The van der Waals surface area contributed by atoms with Crippen molar-refractivity contribution in [2.24, 2.45) is 4.99 Å². The molecule has 0 spiro atoms. The number of aliphatic imine (C=N–C) groups is 1. The zero-order chi connectivity index (χ0) is 15.2. The lowest BCUT2D eigenvalue weighted by molar-refractivity contribution is 0.544. The van der Waals surface area contributed by atoms with Crippen LogP contribution in [0.4, 0.5) is 0 Å². The third-order valence-corrected chi connectivity index (χ3v) is 5.36. The van der Waals surface area contributed by atoms with Gasteiger partial charge in [-0.05, 0) is 19.4 Å².